The molecule has 1 rings (SSSR count). The van der Waals surface area contributed by atoms with E-state index in [-0.39, 0.29) is 11.3 Å². The Kier molecular flexibility index (Phi) is 2.52. The molecule has 1 aliphatic heterocycles. The molecule has 0 aliphatic carbocycles. The van der Waals surface area contributed by atoms with Crippen LogP contribution in [0.15, 0.2) is 12.3 Å². The number of rotatable bonds is 1. The first-order valence-corrected chi connectivity index (χ1v) is 4.28. The van der Waals surface area contributed by atoms with Crippen LogP contribution in [0.5, 0.6) is 0 Å². The first-order valence-electron chi connectivity index (χ1n) is 4.28. The number of carbonyl (C=O) groups excluding carboxylic acids is 1. The molecule has 1 atom stereocenters. The molecule has 2 N–H and O–H groups in total. The number of carbonyl (C=O) groups is 1. The van der Waals surface area contributed by atoms with Gasteiger partial charge in [0.1, 0.15) is 0 Å². The fourth-order valence-corrected chi connectivity index (χ4v) is 1.26. The second-order valence-corrected chi connectivity index (χ2v) is 3.54. The summed E-state index contributed by atoms with van der Waals surface area (Å²) < 4.78 is 0. The number of amides is 1. The van der Waals surface area contributed by atoms with E-state index in [1.807, 2.05) is 0 Å². The zero-order valence-electron chi connectivity index (χ0n) is 7.74. The van der Waals surface area contributed by atoms with Crippen molar-refractivity contribution in [3.8, 4) is 0 Å². The Bertz CT molecular complexity index is 213. The van der Waals surface area contributed by atoms with Gasteiger partial charge in [0.25, 0.3) is 0 Å². The van der Waals surface area contributed by atoms with Gasteiger partial charge in [0.15, 0.2) is 0 Å². The van der Waals surface area contributed by atoms with Crippen LogP contribution in [0.25, 0.3) is 0 Å². The zero-order chi connectivity index (χ0) is 9.19. The highest BCUT2D eigenvalue weighted by atomic mass is 16.2. The predicted octanol–water partition coefficient (Wildman–Crippen LogP) is 0.636. The second-order valence-electron chi connectivity index (χ2n) is 3.54. The van der Waals surface area contributed by atoms with E-state index >= 15 is 0 Å². The Morgan fingerprint density at radius 2 is 2.33 bits per heavy atom. The van der Waals surface area contributed by atoms with Crippen molar-refractivity contribution in [2.45, 2.75) is 20.3 Å². The predicted molar refractivity (Wildman–Crippen MR) is 48.6 cm³/mol. The summed E-state index contributed by atoms with van der Waals surface area (Å²) in [7, 11) is 0. The summed E-state index contributed by atoms with van der Waals surface area (Å²) in [6, 6.07) is 0. The van der Waals surface area contributed by atoms with Gasteiger partial charge in [0, 0.05) is 17.7 Å². The first-order chi connectivity index (χ1) is 5.58. The van der Waals surface area contributed by atoms with Crippen LogP contribution in [-0.2, 0) is 4.79 Å². The largest absolute Gasteiger partial charge is 0.329 e. The summed E-state index contributed by atoms with van der Waals surface area (Å²) in [6.07, 6.45) is 0.985. The monoisotopic (exact) mass is 168 g/mol. The third-order valence-corrected chi connectivity index (χ3v) is 2.60. The number of nitrogens with one attached hydrogen (secondary N) is 2. The van der Waals surface area contributed by atoms with E-state index in [4.69, 9.17) is 0 Å². The number of hydrogen-bond donors (Lipinski definition) is 2. The van der Waals surface area contributed by atoms with E-state index in [2.05, 4.69) is 31.1 Å². The van der Waals surface area contributed by atoms with Gasteiger partial charge in [-0.2, -0.15) is 0 Å². The molecular weight excluding hydrogens is 152 g/mol. The molecule has 1 aliphatic rings. The average Bonchev–Trinajstić information content (AvgIpc) is 2.14. The van der Waals surface area contributed by atoms with Crippen LogP contribution in [-0.4, -0.2) is 19.0 Å². The summed E-state index contributed by atoms with van der Waals surface area (Å²) in [6.45, 7) is 9.30. The van der Waals surface area contributed by atoms with Crippen LogP contribution in [0, 0.1) is 5.41 Å². The van der Waals surface area contributed by atoms with Crippen LogP contribution in [0.4, 0.5) is 0 Å². The molecule has 3 heteroatoms. The van der Waals surface area contributed by atoms with Crippen LogP contribution in [0.2, 0.25) is 0 Å². The molecule has 1 amide bonds. The fraction of sp³-hybridized carbons (Fsp3) is 0.667. The Hall–Kier alpha value is -0.830. The Morgan fingerprint density at radius 3 is 2.92 bits per heavy atom. The lowest BCUT2D eigenvalue weighted by atomic mass is 9.84. The lowest BCUT2D eigenvalue weighted by molar-refractivity contribution is -0.119. The SMILES string of the molecule is C=C1NC(=O)CNCC1(C)CC. The van der Waals surface area contributed by atoms with Crippen molar-refractivity contribution >= 4 is 5.91 Å². The third-order valence-electron chi connectivity index (χ3n) is 2.60. The van der Waals surface area contributed by atoms with Gasteiger partial charge in [-0.1, -0.05) is 20.4 Å². The van der Waals surface area contributed by atoms with Crippen molar-refractivity contribution in [2.24, 2.45) is 5.41 Å². The molecule has 0 saturated carbocycles. The van der Waals surface area contributed by atoms with Crippen LogP contribution in [0.1, 0.15) is 20.3 Å². The van der Waals surface area contributed by atoms with E-state index < -0.39 is 0 Å². The van der Waals surface area contributed by atoms with Crippen molar-refractivity contribution in [1.82, 2.24) is 10.6 Å². The maximum Gasteiger partial charge on any atom is 0.238 e. The van der Waals surface area contributed by atoms with E-state index in [0.29, 0.717) is 6.54 Å². The molecule has 0 spiro atoms. The third kappa shape index (κ3) is 1.67. The van der Waals surface area contributed by atoms with E-state index in [1.165, 1.54) is 0 Å². The summed E-state index contributed by atoms with van der Waals surface area (Å²) in [5, 5.41) is 5.88. The molecule has 0 radical (unpaired) electrons. The molecule has 0 aromatic carbocycles. The number of hydrogen-bond acceptors (Lipinski definition) is 2. The van der Waals surface area contributed by atoms with Crippen molar-refractivity contribution in [2.75, 3.05) is 13.1 Å². The summed E-state index contributed by atoms with van der Waals surface area (Å²) >= 11 is 0. The highest BCUT2D eigenvalue weighted by Crippen LogP contribution is 2.27. The topological polar surface area (TPSA) is 41.1 Å². The maximum atomic E-state index is 11.1. The molecule has 0 aromatic rings. The van der Waals surface area contributed by atoms with Gasteiger partial charge in [-0.3, -0.25) is 4.79 Å². The summed E-state index contributed by atoms with van der Waals surface area (Å²) in [5.74, 6) is 0.0113. The van der Waals surface area contributed by atoms with Crippen molar-refractivity contribution < 1.29 is 4.79 Å². The molecule has 68 valence electrons. The summed E-state index contributed by atoms with van der Waals surface area (Å²) in [4.78, 5) is 11.1. The molecule has 0 aromatic heterocycles. The molecule has 1 fully saturated rings. The van der Waals surface area contributed by atoms with Crippen LogP contribution < -0.4 is 10.6 Å². The highest BCUT2D eigenvalue weighted by Gasteiger charge is 2.29. The van der Waals surface area contributed by atoms with E-state index in [1.54, 1.807) is 0 Å². The van der Waals surface area contributed by atoms with Gasteiger partial charge in [-0.15, -0.1) is 0 Å². The van der Waals surface area contributed by atoms with Crippen LogP contribution >= 0.6 is 0 Å². The second kappa shape index (κ2) is 3.27. The minimum atomic E-state index is 0.00611. The van der Waals surface area contributed by atoms with Crippen molar-refractivity contribution in [3.05, 3.63) is 12.3 Å². The van der Waals surface area contributed by atoms with E-state index in [9.17, 15) is 4.79 Å². The Labute approximate surface area is 73.2 Å². The molecule has 1 unspecified atom stereocenters. The maximum absolute atomic E-state index is 11.1. The minimum absolute atomic E-state index is 0.00611. The molecule has 1 saturated heterocycles. The quantitative estimate of drug-likeness (QED) is 0.603. The molecule has 1 heterocycles. The van der Waals surface area contributed by atoms with Gasteiger partial charge in [0.2, 0.25) is 5.91 Å². The Morgan fingerprint density at radius 1 is 1.67 bits per heavy atom. The molecule has 0 bridgehead atoms. The molecule has 12 heavy (non-hydrogen) atoms. The van der Waals surface area contributed by atoms with Gasteiger partial charge in [0.05, 0.1) is 6.54 Å². The van der Waals surface area contributed by atoms with E-state index in [0.717, 1.165) is 18.7 Å². The lowest BCUT2D eigenvalue weighted by Crippen LogP contribution is -2.32. The minimum Gasteiger partial charge on any atom is -0.329 e. The van der Waals surface area contributed by atoms with Crippen molar-refractivity contribution in [3.63, 3.8) is 0 Å². The smallest absolute Gasteiger partial charge is 0.238 e. The van der Waals surface area contributed by atoms with Gasteiger partial charge in [-0.25, -0.2) is 0 Å². The normalized spacial score (nSPS) is 31.2. The van der Waals surface area contributed by atoms with Crippen molar-refractivity contribution in [1.29, 1.82) is 0 Å². The van der Waals surface area contributed by atoms with Gasteiger partial charge in [-0.05, 0) is 6.42 Å². The highest BCUT2D eigenvalue weighted by molar-refractivity contribution is 5.80. The summed E-state index contributed by atoms with van der Waals surface area (Å²) in [5.41, 5.74) is 0.839. The molecule has 3 nitrogen and oxygen atoms in total. The average molecular weight is 168 g/mol. The lowest BCUT2D eigenvalue weighted by Gasteiger charge is -2.27. The van der Waals surface area contributed by atoms with Gasteiger partial charge >= 0.3 is 0 Å². The zero-order valence-corrected chi connectivity index (χ0v) is 7.74. The Balaban J connectivity index is 2.76. The first kappa shape index (κ1) is 9.26. The van der Waals surface area contributed by atoms with Gasteiger partial charge < -0.3 is 10.6 Å². The fourth-order valence-electron chi connectivity index (χ4n) is 1.26. The standard InChI is InChI=1S/C9H16N2O/c1-4-9(3)6-10-5-8(12)11-7(9)2/h10H,2,4-6H2,1,3H3,(H,11,12). The molecular formula is C9H16N2O. The van der Waals surface area contributed by atoms with Crippen LogP contribution in [0.3, 0.4) is 0 Å².